The zero-order chi connectivity index (χ0) is 24.5. The normalized spacial score (nSPS) is 43.7. The third kappa shape index (κ3) is 5.20. The maximum Gasteiger partial charge on any atom is 0.104 e. The number of hydrogen-bond acceptors (Lipinski definition) is 2. The van der Waals surface area contributed by atoms with Crippen LogP contribution in [0.2, 0.25) is 0 Å². The molecule has 3 saturated carbocycles. The molecule has 34 heavy (non-hydrogen) atoms. The molecule has 1 heterocycles. The van der Waals surface area contributed by atoms with Crippen molar-refractivity contribution in [2.45, 2.75) is 131 Å². The lowest BCUT2D eigenvalue weighted by molar-refractivity contribution is -0.0647. The molecule has 1 aliphatic heterocycles. The Balaban J connectivity index is 0.00000133. The Morgan fingerprint density at radius 3 is 2.47 bits per heavy atom. The van der Waals surface area contributed by atoms with E-state index < -0.39 is 0 Å². The van der Waals surface area contributed by atoms with Gasteiger partial charge < -0.3 is 9.47 Å². The Morgan fingerprint density at radius 2 is 1.76 bits per heavy atom. The molecule has 0 radical (unpaired) electrons. The number of rotatable bonds is 8. The summed E-state index contributed by atoms with van der Waals surface area (Å²) < 4.78 is 11.6. The molecule has 2 nitrogen and oxygen atoms in total. The second-order valence-corrected chi connectivity index (χ2v) is 13.4. The Morgan fingerprint density at radius 1 is 1.00 bits per heavy atom. The minimum atomic E-state index is 0.395. The van der Waals surface area contributed by atoms with Crippen LogP contribution in [-0.4, -0.2) is 25.4 Å². The van der Waals surface area contributed by atoms with E-state index in [2.05, 4.69) is 40.7 Å². The number of fused-ring (bicyclic) bond motifs is 5. The van der Waals surface area contributed by atoms with Crippen LogP contribution in [0.3, 0.4) is 0 Å². The molecule has 5 rings (SSSR count). The second kappa shape index (κ2) is 11.0. The highest BCUT2D eigenvalue weighted by Gasteiger charge is 2.59. The van der Waals surface area contributed by atoms with Crippen LogP contribution in [0, 0.1) is 46.3 Å². The summed E-state index contributed by atoms with van der Waals surface area (Å²) in [6.45, 7) is 18.4. The van der Waals surface area contributed by atoms with Crippen LogP contribution in [0.25, 0.3) is 0 Å². The van der Waals surface area contributed by atoms with E-state index >= 15 is 0 Å². The van der Waals surface area contributed by atoms with Crippen LogP contribution in [0.4, 0.5) is 0 Å². The van der Waals surface area contributed by atoms with Crippen molar-refractivity contribution in [2.75, 3.05) is 13.2 Å². The Hall–Kier alpha value is -0.340. The predicted molar refractivity (Wildman–Crippen MR) is 144 cm³/mol. The zero-order valence-electron chi connectivity index (χ0n) is 23.7. The van der Waals surface area contributed by atoms with Crippen molar-refractivity contribution in [3.63, 3.8) is 0 Å². The summed E-state index contributed by atoms with van der Waals surface area (Å²) in [5.74, 6) is 5.56. The highest BCUT2D eigenvalue weighted by Crippen LogP contribution is 2.67. The fourth-order valence-electron chi connectivity index (χ4n) is 9.20. The van der Waals surface area contributed by atoms with Gasteiger partial charge in [0.25, 0.3) is 0 Å². The standard InChI is InChI=1S/C30H50O2.C2H6/c1-20(2)7-6-8-21(3)26-11-12-27-25-10-9-22-17-23(31-18-24-19-32-24)13-15-29(22,4)28(25)14-16-30(26,27)5;1-2/h9,20-21,23-28H,6-8,10-19H2,1-5H3;1-2H3/t21-,23?,24?,25?,26?,27?,28?,29?,30?;/m1./s1. The van der Waals surface area contributed by atoms with Crippen LogP contribution in [0.1, 0.15) is 119 Å². The minimum Gasteiger partial charge on any atom is -0.375 e. The lowest BCUT2D eigenvalue weighted by Gasteiger charge is -2.58. The number of epoxide rings is 1. The van der Waals surface area contributed by atoms with Crippen molar-refractivity contribution in [3.8, 4) is 0 Å². The van der Waals surface area contributed by atoms with E-state index in [4.69, 9.17) is 9.47 Å². The van der Waals surface area contributed by atoms with Gasteiger partial charge >= 0.3 is 0 Å². The van der Waals surface area contributed by atoms with Gasteiger partial charge in [0.05, 0.1) is 19.3 Å². The molecule has 8 unspecified atom stereocenters. The minimum absolute atomic E-state index is 0.395. The molecule has 2 heteroatoms. The molecule has 0 aromatic carbocycles. The Labute approximate surface area is 212 Å². The summed E-state index contributed by atoms with van der Waals surface area (Å²) in [6, 6.07) is 0. The molecular formula is C32H56O2. The summed E-state index contributed by atoms with van der Waals surface area (Å²) in [5.41, 5.74) is 2.80. The maximum absolute atomic E-state index is 6.24. The highest BCUT2D eigenvalue weighted by molar-refractivity contribution is 5.25. The quantitative estimate of drug-likeness (QED) is 0.260. The van der Waals surface area contributed by atoms with E-state index in [1.807, 2.05) is 13.8 Å². The number of allylic oxidation sites excluding steroid dienone is 1. The van der Waals surface area contributed by atoms with Crippen molar-refractivity contribution in [1.29, 1.82) is 0 Å². The molecule has 9 atom stereocenters. The summed E-state index contributed by atoms with van der Waals surface area (Å²) in [7, 11) is 0. The summed E-state index contributed by atoms with van der Waals surface area (Å²) >= 11 is 0. The molecule has 0 aromatic heterocycles. The number of ether oxygens (including phenoxy) is 2. The number of hydrogen-bond donors (Lipinski definition) is 0. The first-order valence-corrected chi connectivity index (χ1v) is 15.2. The van der Waals surface area contributed by atoms with E-state index in [0.717, 1.165) is 48.7 Å². The lowest BCUT2D eigenvalue weighted by atomic mass is 9.47. The van der Waals surface area contributed by atoms with Gasteiger partial charge in [-0.25, -0.2) is 0 Å². The molecule has 1 saturated heterocycles. The molecule has 0 bridgehead atoms. The largest absolute Gasteiger partial charge is 0.375 e. The van der Waals surface area contributed by atoms with Gasteiger partial charge in [-0.05, 0) is 97.7 Å². The lowest BCUT2D eigenvalue weighted by Crippen LogP contribution is -2.51. The van der Waals surface area contributed by atoms with Crippen molar-refractivity contribution >= 4 is 0 Å². The van der Waals surface area contributed by atoms with Crippen LogP contribution < -0.4 is 0 Å². The van der Waals surface area contributed by atoms with E-state index in [1.54, 1.807) is 5.57 Å². The van der Waals surface area contributed by atoms with Crippen molar-refractivity contribution in [3.05, 3.63) is 11.6 Å². The predicted octanol–water partition coefficient (Wildman–Crippen LogP) is 8.84. The Kier molecular flexibility index (Phi) is 8.61. The smallest absolute Gasteiger partial charge is 0.104 e. The van der Waals surface area contributed by atoms with Crippen LogP contribution >= 0.6 is 0 Å². The average Bonchev–Trinajstić information content (AvgIpc) is 3.58. The molecule has 0 spiro atoms. The molecule has 0 aromatic rings. The zero-order valence-corrected chi connectivity index (χ0v) is 23.7. The van der Waals surface area contributed by atoms with Crippen molar-refractivity contribution in [2.24, 2.45) is 46.3 Å². The van der Waals surface area contributed by atoms with E-state index in [0.29, 0.717) is 23.0 Å². The SMILES string of the molecule is CC.CC(C)CCC[C@@H](C)C1CCC2C3CC=C4CC(OCC5CO5)CCC4(C)C3CCC21C. The van der Waals surface area contributed by atoms with Crippen LogP contribution in [0.15, 0.2) is 11.6 Å². The molecule has 5 aliphatic rings. The summed E-state index contributed by atoms with van der Waals surface area (Å²) in [5, 5.41) is 0. The second-order valence-electron chi connectivity index (χ2n) is 13.4. The fraction of sp³-hybridized carbons (Fsp3) is 0.938. The van der Waals surface area contributed by atoms with Gasteiger partial charge in [0.1, 0.15) is 6.10 Å². The van der Waals surface area contributed by atoms with Gasteiger partial charge in [-0.1, -0.05) is 79.4 Å². The van der Waals surface area contributed by atoms with Crippen molar-refractivity contribution in [1.82, 2.24) is 0 Å². The van der Waals surface area contributed by atoms with Gasteiger partial charge in [-0.15, -0.1) is 0 Å². The van der Waals surface area contributed by atoms with Crippen molar-refractivity contribution < 1.29 is 9.47 Å². The summed E-state index contributed by atoms with van der Waals surface area (Å²) in [6.07, 6.45) is 18.9. The average molecular weight is 473 g/mol. The topological polar surface area (TPSA) is 21.8 Å². The molecule has 0 amide bonds. The van der Waals surface area contributed by atoms with Gasteiger partial charge in [-0.3, -0.25) is 0 Å². The monoisotopic (exact) mass is 472 g/mol. The third-order valence-electron chi connectivity index (χ3n) is 11.2. The van der Waals surface area contributed by atoms with Gasteiger partial charge in [0.2, 0.25) is 0 Å². The van der Waals surface area contributed by atoms with Gasteiger partial charge in [0, 0.05) is 0 Å². The van der Waals surface area contributed by atoms with E-state index in [1.165, 1.54) is 70.6 Å². The van der Waals surface area contributed by atoms with Crippen LogP contribution in [0.5, 0.6) is 0 Å². The maximum atomic E-state index is 6.24. The molecule has 4 fully saturated rings. The van der Waals surface area contributed by atoms with Crippen LogP contribution in [-0.2, 0) is 9.47 Å². The molecule has 196 valence electrons. The molecular weight excluding hydrogens is 416 g/mol. The first kappa shape index (κ1) is 26.7. The molecule has 0 N–H and O–H groups in total. The van der Waals surface area contributed by atoms with Gasteiger partial charge in [0.15, 0.2) is 0 Å². The highest BCUT2D eigenvalue weighted by atomic mass is 16.6. The Bertz CT molecular complexity index is 693. The first-order chi connectivity index (χ1) is 16.3. The van der Waals surface area contributed by atoms with E-state index in [-0.39, 0.29) is 0 Å². The third-order valence-corrected chi connectivity index (χ3v) is 11.2. The summed E-state index contributed by atoms with van der Waals surface area (Å²) in [4.78, 5) is 0. The van der Waals surface area contributed by atoms with E-state index in [9.17, 15) is 0 Å². The van der Waals surface area contributed by atoms with Gasteiger partial charge in [-0.2, -0.15) is 0 Å². The molecule has 4 aliphatic carbocycles. The fourth-order valence-corrected chi connectivity index (χ4v) is 9.20. The first-order valence-electron chi connectivity index (χ1n) is 15.2.